The lowest BCUT2D eigenvalue weighted by Gasteiger charge is -2.08. The fourth-order valence-corrected chi connectivity index (χ4v) is 2.02. The van der Waals surface area contributed by atoms with Gasteiger partial charge in [-0.05, 0) is 36.6 Å². The quantitative estimate of drug-likeness (QED) is 0.720. The van der Waals surface area contributed by atoms with E-state index in [0.29, 0.717) is 12.0 Å². The Bertz CT molecular complexity index is 504. The van der Waals surface area contributed by atoms with Crippen molar-refractivity contribution in [2.45, 2.75) is 24.8 Å². The second kappa shape index (κ2) is 2.92. The number of amides is 1. The van der Waals surface area contributed by atoms with E-state index in [9.17, 15) is 9.59 Å². The van der Waals surface area contributed by atoms with Crippen molar-refractivity contribution in [3.05, 3.63) is 29.3 Å². The van der Waals surface area contributed by atoms with E-state index in [1.165, 1.54) is 0 Å². The van der Waals surface area contributed by atoms with Crippen LogP contribution in [0.4, 0.5) is 5.69 Å². The van der Waals surface area contributed by atoms with E-state index in [2.05, 4.69) is 5.32 Å². The molecule has 3 N–H and O–H groups in total. The number of Topliss-reactive ketones (excluding diaryl/α,β-unsaturated/α-hetero) is 1. The number of nitrogens with one attached hydrogen (secondary N) is 1. The Hall–Kier alpha value is -1.68. The second-order valence-corrected chi connectivity index (χ2v) is 4.58. The number of rotatable bonds is 2. The predicted molar refractivity (Wildman–Crippen MR) is 59.3 cm³/mol. The summed E-state index contributed by atoms with van der Waals surface area (Å²) in [5.74, 6) is -0.0249. The van der Waals surface area contributed by atoms with Crippen LogP contribution in [0.15, 0.2) is 18.2 Å². The monoisotopic (exact) mass is 216 g/mol. The fraction of sp³-hybridized carbons (Fsp3) is 0.333. The van der Waals surface area contributed by atoms with Crippen LogP contribution in [0, 0.1) is 0 Å². The van der Waals surface area contributed by atoms with Crippen molar-refractivity contribution < 1.29 is 9.59 Å². The first-order chi connectivity index (χ1) is 7.58. The molecule has 82 valence electrons. The molecule has 0 atom stereocenters. The van der Waals surface area contributed by atoms with Crippen LogP contribution in [0.25, 0.3) is 0 Å². The maximum absolute atomic E-state index is 12.0. The minimum Gasteiger partial charge on any atom is -0.326 e. The number of hydrogen-bond donors (Lipinski definition) is 2. The third-order valence-corrected chi connectivity index (χ3v) is 3.23. The van der Waals surface area contributed by atoms with Gasteiger partial charge in [0.1, 0.15) is 0 Å². The second-order valence-electron chi connectivity index (χ2n) is 4.58. The van der Waals surface area contributed by atoms with Crippen LogP contribution in [0.2, 0.25) is 0 Å². The normalized spacial score (nSPS) is 20.2. The number of fused-ring (bicyclic) bond motifs is 1. The molecule has 2 aliphatic rings. The first-order valence-electron chi connectivity index (χ1n) is 5.35. The molecule has 1 aliphatic heterocycles. The Morgan fingerprint density at radius 1 is 1.38 bits per heavy atom. The Morgan fingerprint density at radius 3 is 2.81 bits per heavy atom. The van der Waals surface area contributed by atoms with Gasteiger partial charge < -0.3 is 11.1 Å². The Labute approximate surface area is 92.8 Å². The standard InChI is InChI=1S/C12H12N2O2/c13-12(3-4-12)11(16)7-1-2-9-8(5-7)6-10(15)14-9/h1-2,5H,3-4,6,13H2,(H,14,15). The molecule has 1 heterocycles. The minimum atomic E-state index is -0.635. The average molecular weight is 216 g/mol. The van der Waals surface area contributed by atoms with E-state index in [0.717, 1.165) is 24.1 Å². The van der Waals surface area contributed by atoms with Gasteiger partial charge in [-0.2, -0.15) is 0 Å². The van der Waals surface area contributed by atoms with Crippen molar-refractivity contribution in [3.8, 4) is 0 Å². The summed E-state index contributed by atoms with van der Waals surface area (Å²) < 4.78 is 0. The number of anilines is 1. The molecule has 0 aromatic heterocycles. The molecule has 0 spiro atoms. The van der Waals surface area contributed by atoms with Gasteiger partial charge in [0.15, 0.2) is 5.78 Å². The van der Waals surface area contributed by atoms with Crippen LogP contribution >= 0.6 is 0 Å². The first-order valence-corrected chi connectivity index (χ1v) is 5.35. The highest BCUT2D eigenvalue weighted by molar-refractivity contribution is 6.07. The summed E-state index contributed by atoms with van der Waals surface area (Å²) in [5, 5.41) is 2.74. The number of carbonyl (C=O) groups is 2. The first kappa shape index (κ1) is 9.54. The lowest BCUT2D eigenvalue weighted by Crippen LogP contribution is -2.32. The molecule has 1 aromatic rings. The Balaban J connectivity index is 1.96. The average Bonchev–Trinajstić information content (AvgIpc) is 2.89. The van der Waals surface area contributed by atoms with Crippen LogP contribution in [-0.4, -0.2) is 17.2 Å². The van der Waals surface area contributed by atoms with Crippen molar-refractivity contribution in [2.24, 2.45) is 5.73 Å². The lowest BCUT2D eigenvalue weighted by atomic mass is 10.00. The zero-order chi connectivity index (χ0) is 11.3. The van der Waals surface area contributed by atoms with Crippen LogP contribution in [0.3, 0.4) is 0 Å². The summed E-state index contributed by atoms with van der Waals surface area (Å²) in [7, 11) is 0. The number of nitrogens with two attached hydrogens (primary N) is 1. The Morgan fingerprint density at radius 2 is 2.12 bits per heavy atom. The molecule has 4 nitrogen and oxygen atoms in total. The molecule has 4 heteroatoms. The molecule has 1 saturated carbocycles. The third kappa shape index (κ3) is 1.34. The molecule has 16 heavy (non-hydrogen) atoms. The van der Waals surface area contributed by atoms with E-state index < -0.39 is 5.54 Å². The summed E-state index contributed by atoms with van der Waals surface area (Å²) in [6, 6.07) is 5.29. The topological polar surface area (TPSA) is 72.2 Å². The van der Waals surface area contributed by atoms with Gasteiger partial charge in [0.25, 0.3) is 0 Å². The van der Waals surface area contributed by atoms with E-state index in [1.807, 2.05) is 0 Å². The molecular weight excluding hydrogens is 204 g/mol. The van der Waals surface area contributed by atoms with Crippen molar-refractivity contribution in [3.63, 3.8) is 0 Å². The van der Waals surface area contributed by atoms with Crippen molar-refractivity contribution in [1.82, 2.24) is 0 Å². The van der Waals surface area contributed by atoms with Gasteiger partial charge in [-0.1, -0.05) is 0 Å². The van der Waals surface area contributed by atoms with E-state index in [1.54, 1.807) is 18.2 Å². The highest BCUT2D eigenvalue weighted by Gasteiger charge is 2.46. The molecule has 0 saturated heterocycles. The molecule has 0 unspecified atom stereocenters. The maximum Gasteiger partial charge on any atom is 0.228 e. The number of carbonyl (C=O) groups excluding carboxylic acids is 2. The van der Waals surface area contributed by atoms with Gasteiger partial charge in [-0.25, -0.2) is 0 Å². The summed E-state index contributed by atoms with van der Waals surface area (Å²) in [6.07, 6.45) is 1.88. The summed E-state index contributed by atoms with van der Waals surface area (Å²) >= 11 is 0. The summed E-state index contributed by atoms with van der Waals surface area (Å²) in [4.78, 5) is 23.1. The molecule has 0 radical (unpaired) electrons. The van der Waals surface area contributed by atoms with E-state index in [-0.39, 0.29) is 11.7 Å². The van der Waals surface area contributed by atoms with Crippen LogP contribution in [0.1, 0.15) is 28.8 Å². The predicted octanol–water partition coefficient (Wildman–Crippen LogP) is 0.855. The van der Waals surface area contributed by atoms with Crippen LogP contribution in [0.5, 0.6) is 0 Å². The van der Waals surface area contributed by atoms with E-state index in [4.69, 9.17) is 5.73 Å². The van der Waals surface area contributed by atoms with Gasteiger partial charge in [0.05, 0.1) is 12.0 Å². The highest BCUT2D eigenvalue weighted by Crippen LogP contribution is 2.36. The van der Waals surface area contributed by atoms with Gasteiger partial charge in [-0.15, -0.1) is 0 Å². The van der Waals surface area contributed by atoms with Crippen LogP contribution < -0.4 is 11.1 Å². The molecular formula is C12H12N2O2. The van der Waals surface area contributed by atoms with Crippen LogP contribution in [-0.2, 0) is 11.2 Å². The largest absolute Gasteiger partial charge is 0.326 e. The molecule has 1 aromatic carbocycles. The van der Waals surface area contributed by atoms with Gasteiger partial charge >= 0.3 is 0 Å². The molecule has 1 fully saturated rings. The Kier molecular flexibility index (Phi) is 1.74. The smallest absolute Gasteiger partial charge is 0.228 e. The number of hydrogen-bond acceptors (Lipinski definition) is 3. The fourth-order valence-electron chi connectivity index (χ4n) is 2.02. The highest BCUT2D eigenvalue weighted by atomic mass is 16.2. The molecule has 1 aliphatic carbocycles. The maximum atomic E-state index is 12.0. The van der Waals surface area contributed by atoms with Gasteiger partial charge in [-0.3, -0.25) is 9.59 Å². The molecule has 0 bridgehead atoms. The minimum absolute atomic E-state index is 0.00495. The SMILES string of the molecule is NC1(C(=O)c2ccc3c(c2)CC(=O)N3)CC1. The number of ketones is 1. The van der Waals surface area contributed by atoms with Gasteiger partial charge in [0.2, 0.25) is 5.91 Å². The summed E-state index contributed by atoms with van der Waals surface area (Å²) in [6.45, 7) is 0. The third-order valence-electron chi connectivity index (χ3n) is 3.23. The molecule has 3 rings (SSSR count). The van der Waals surface area contributed by atoms with Crippen molar-refractivity contribution in [2.75, 3.05) is 5.32 Å². The lowest BCUT2D eigenvalue weighted by molar-refractivity contribution is -0.115. The van der Waals surface area contributed by atoms with E-state index >= 15 is 0 Å². The summed E-state index contributed by atoms with van der Waals surface area (Å²) in [5.41, 5.74) is 7.55. The zero-order valence-electron chi connectivity index (χ0n) is 8.75. The van der Waals surface area contributed by atoms with Crippen molar-refractivity contribution >= 4 is 17.4 Å². The van der Waals surface area contributed by atoms with Crippen molar-refractivity contribution in [1.29, 1.82) is 0 Å². The number of benzene rings is 1. The molecule has 1 amide bonds. The zero-order valence-corrected chi connectivity index (χ0v) is 8.75. The van der Waals surface area contributed by atoms with Gasteiger partial charge in [0, 0.05) is 11.3 Å².